The van der Waals surface area contributed by atoms with Gasteiger partial charge in [-0.3, -0.25) is 9.59 Å². The number of carbonyl (C=O) groups excluding carboxylic acids is 3. The first kappa shape index (κ1) is 21.6. The lowest BCUT2D eigenvalue weighted by Crippen LogP contribution is -2.54. The lowest BCUT2D eigenvalue weighted by molar-refractivity contribution is -0.137. The average molecular weight is 393 g/mol. The predicted molar refractivity (Wildman–Crippen MR) is 101 cm³/mol. The van der Waals surface area contributed by atoms with Gasteiger partial charge in [0.15, 0.2) is 6.10 Å². The first-order valence-corrected chi connectivity index (χ1v) is 9.09. The Morgan fingerprint density at radius 3 is 2.14 bits per heavy atom. The maximum Gasteiger partial charge on any atom is 0.317 e. The molecule has 1 aliphatic rings. The summed E-state index contributed by atoms with van der Waals surface area (Å²) < 4.78 is 0. The fourth-order valence-electron chi connectivity index (χ4n) is 2.72. The molecule has 28 heavy (non-hydrogen) atoms. The highest BCUT2D eigenvalue weighted by atomic mass is 16.3. The molecule has 2 rings (SSSR count). The van der Waals surface area contributed by atoms with E-state index in [0.717, 1.165) is 11.1 Å². The maximum atomic E-state index is 12.3. The van der Waals surface area contributed by atoms with Crippen molar-refractivity contribution in [1.82, 2.24) is 20.4 Å². The van der Waals surface area contributed by atoms with Gasteiger partial charge in [-0.25, -0.2) is 4.79 Å². The number of carbonyl (C=O) groups is 3. The van der Waals surface area contributed by atoms with Crippen LogP contribution in [-0.4, -0.2) is 83.3 Å². The zero-order valence-electron chi connectivity index (χ0n) is 15.6. The van der Waals surface area contributed by atoms with Crippen LogP contribution in [0.25, 0.3) is 0 Å². The largest absolute Gasteiger partial charge is 0.393 e. The van der Waals surface area contributed by atoms with Crippen molar-refractivity contribution in [2.24, 2.45) is 5.73 Å². The van der Waals surface area contributed by atoms with Gasteiger partial charge in [-0.15, -0.1) is 0 Å². The summed E-state index contributed by atoms with van der Waals surface area (Å²) in [6, 6.07) is 7.48. The quantitative estimate of drug-likeness (QED) is 0.361. The minimum Gasteiger partial charge on any atom is -0.393 e. The minimum atomic E-state index is -1.54. The van der Waals surface area contributed by atoms with Crippen molar-refractivity contribution in [2.75, 3.05) is 39.3 Å². The van der Waals surface area contributed by atoms with Crippen LogP contribution in [0.4, 0.5) is 4.79 Å². The lowest BCUT2D eigenvalue weighted by Gasteiger charge is -2.34. The van der Waals surface area contributed by atoms with Crippen LogP contribution in [-0.2, 0) is 22.7 Å². The van der Waals surface area contributed by atoms with E-state index in [0.29, 0.717) is 39.3 Å². The topological polar surface area (TPSA) is 148 Å². The Kier molecular flexibility index (Phi) is 8.18. The molecule has 0 aromatic heterocycles. The minimum absolute atomic E-state index is 0.200. The van der Waals surface area contributed by atoms with Gasteiger partial charge in [0, 0.05) is 39.3 Å². The third-order valence-corrected chi connectivity index (χ3v) is 4.51. The van der Waals surface area contributed by atoms with Gasteiger partial charge in [0.25, 0.3) is 5.91 Å². The number of nitrogens with two attached hydrogens (primary N) is 1. The van der Waals surface area contributed by atoms with Gasteiger partial charge in [-0.1, -0.05) is 24.3 Å². The number of rotatable bonds is 7. The van der Waals surface area contributed by atoms with E-state index < -0.39 is 18.6 Å². The van der Waals surface area contributed by atoms with Crippen LogP contribution < -0.4 is 16.4 Å². The molecule has 10 heteroatoms. The van der Waals surface area contributed by atoms with Crippen LogP contribution in [0.5, 0.6) is 0 Å². The zero-order valence-corrected chi connectivity index (χ0v) is 15.6. The van der Waals surface area contributed by atoms with Crippen molar-refractivity contribution < 1.29 is 24.6 Å². The maximum absolute atomic E-state index is 12.3. The Morgan fingerprint density at radius 2 is 1.57 bits per heavy atom. The van der Waals surface area contributed by atoms with Crippen molar-refractivity contribution >= 4 is 17.8 Å². The average Bonchev–Trinajstić information content (AvgIpc) is 2.75. The van der Waals surface area contributed by atoms with E-state index in [-0.39, 0.29) is 18.5 Å². The molecule has 1 heterocycles. The fraction of sp³-hybridized carbons (Fsp3) is 0.500. The molecule has 0 aliphatic carbocycles. The van der Waals surface area contributed by atoms with E-state index in [4.69, 9.17) is 15.9 Å². The molecule has 0 saturated carbocycles. The van der Waals surface area contributed by atoms with Gasteiger partial charge in [-0.05, 0) is 11.1 Å². The first-order chi connectivity index (χ1) is 13.4. The van der Waals surface area contributed by atoms with Gasteiger partial charge < -0.3 is 36.4 Å². The third-order valence-electron chi connectivity index (χ3n) is 4.51. The lowest BCUT2D eigenvalue weighted by atomic mass is 10.1. The Balaban J connectivity index is 1.71. The number of piperazine rings is 1. The van der Waals surface area contributed by atoms with Crippen molar-refractivity contribution in [3.8, 4) is 0 Å². The smallest absolute Gasteiger partial charge is 0.317 e. The summed E-state index contributed by atoms with van der Waals surface area (Å²) >= 11 is 0. The molecule has 0 spiro atoms. The van der Waals surface area contributed by atoms with E-state index >= 15 is 0 Å². The number of benzene rings is 1. The van der Waals surface area contributed by atoms with Crippen LogP contribution in [0.15, 0.2) is 24.3 Å². The van der Waals surface area contributed by atoms with Crippen LogP contribution in [0.3, 0.4) is 0 Å². The molecule has 1 aromatic rings. The molecule has 1 aromatic carbocycles. The first-order valence-electron chi connectivity index (χ1n) is 9.09. The summed E-state index contributed by atoms with van der Waals surface area (Å²) in [5.41, 5.74) is 7.56. The van der Waals surface area contributed by atoms with Crippen molar-refractivity contribution in [3.63, 3.8) is 0 Å². The number of aliphatic hydroxyl groups excluding tert-OH is 2. The normalized spacial score (nSPS) is 15.1. The molecule has 1 saturated heterocycles. The second-order valence-electron chi connectivity index (χ2n) is 6.46. The highest BCUT2D eigenvalue weighted by Crippen LogP contribution is 2.05. The molecule has 1 atom stereocenters. The molecular formula is C18H27N5O5. The summed E-state index contributed by atoms with van der Waals surface area (Å²) in [7, 11) is 0. The predicted octanol–water partition coefficient (Wildman–Crippen LogP) is -2.03. The number of nitrogens with zero attached hydrogens (tertiary/aromatic N) is 2. The van der Waals surface area contributed by atoms with Gasteiger partial charge in [0.1, 0.15) is 0 Å². The molecule has 0 radical (unpaired) electrons. The van der Waals surface area contributed by atoms with Crippen molar-refractivity contribution in [1.29, 1.82) is 0 Å². The van der Waals surface area contributed by atoms with E-state index in [2.05, 4.69) is 10.6 Å². The molecule has 4 amide bonds. The fourth-order valence-corrected chi connectivity index (χ4v) is 2.72. The molecule has 1 aliphatic heterocycles. The summed E-state index contributed by atoms with van der Waals surface area (Å²) in [6.07, 6.45) is -1.54. The Morgan fingerprint density at radius 1 is 1.00 bits per heavy atom. The van der Waals surface area contributed by atoms with E-state index in [1.165, 1.54) is 0 Å². The zero-order chi connectivity index (χ0) is 20.5. The molecule has 10 nitrogen and oxygen atoms in total. The molecule has 154 valence electrons. The number of nitrogens with one attached hydrogen (secondary N) is 2. The van der Waals surface area contributed by atoms with Crippen LogP contribution in [0.1, 0.15) is 11.1 Å². The monoisotopic (exact) mass is 393 g/mol. The second kappa shape index (κ2) is 10.6. The molecule has 1 unspecified atom stereocenters. The van der Waals surface area contributed by atoms with E-state index in [1.54, 1.807) is 9.80 Å². The summed E-state index contributed by atoms with van der Waals surface area (Å²) in [5.74, 6) is -1.10. The van der Waals surface area contributed by atoms with Crippen molar-refractivity contribution in [2.45, 2.75) is 19.2 Å². The van der Waals surface area contributed by atoms with Crippen LogP contribution >= 0.6 is 0 Å². The van der Waals surface area contributed by atoms with Gasteiger partial charge in [0.05, 0.1) is 13.2 Å². The molecule has 0 bridgehead atoms. The number of aliphatic hydroxyl groups is 2. The summed E-state index contributed by atoms with van der Waals surface area (Å²) in [5, 5.41) is 23.0. The number of hydrogen-bond acceptors (Lipinski definition) is 6. The number of hydrogen-bond donors (Lipinski definition) is 5. The molecule has 6 N–H and O–H groups in total. The Labute approximate surface area is 163 Å². The SMILES string of the molecule is NCc1ccc(CNC(=O)N2CCN(C(=O)CNC(=O)C(O)CO)CC2)cc1. The highest BCUT2D eigenvalue weighted by Gasteiger charge is 2.24. The Bertz CT molecular complexity index is 673. The highest BCUT2D eigenvalue weighted by molar-refractivity contribution is 5.87. The summed E-state index contributed by atoms with van der Waals surface area (Å²) in [6.45, 7) is 1.40. The van der Waals surface area contributed by atoms with Crippen molar-refractivity contribution in [3.05, 3.63) is 35.4 Å². The van der Waals surface area contributed by atoms with Gasteiger partial charge >= 0.3 is 6.03 Å². The summed E-state index contributed by atoms with van der Waals surface area (Å²) in [4.78, 5) is 38.9. The van der Waals surface area contributed by atoms with Crippen LogP contribution in [0.2, 0.25) is 0 Å². The third kappa shape index (κ3) is 6.19. The molecule has 1 fully saturated rings. The molecular weight excluding hydrogens is 366 g/mol. The van der Waals surface area contributed by atoms with Crippen LogP contribution in [0, 0.1) is 0 Å². The number of amides is 4. The second-order valence-corrected chi connectivity index (χ2v) is 6.46. The van der Waals surface area contributed by atoms with Gasteiger partial charge in [-0.2, -0.15) is 0 Å². The van der Waals surface area contributed by atoms with E-state index in [1.807, 2.05) is 24.3 Å². The Hall–Kier alpha value is -2.69. The van der Waals surface area contributed by atoms with E-state index in [9.17, 15) is 14.4 Å². The number of urea groups is 1. The van der Waals surface area contributed by atoms with Gasteiger partial charge in [0.2, 0.25) is 5.91 Å². The standard InChI is InChI=1S/C18H27N5O5/c19-9-13-1-3-14(4-2-13)10-21-18(28)23-7-5-22(6-8-23)16(26)11-20-17(27)15(25)12-24/h1-4,15,24-25H,5-12,19H2,(H,20,27)(H,21,28).